The summed E-state index contributed by atoms with van der Waals surface area (Å²) in [5.41, 5.74) is 5.16. The third kappa shape index (κ3) is 4.05. The first-order chi connectivity index (χ1) is 7.13. The summed E-state index contributed by atoms with van der Waals surface area (Å²) >= 11 is 2.19. The zero-order chi connectivity index (χ0) is 11.3. The summed E-state index contributed by atoms with van der Waals surface area (Å²) in [6, 6.07) is 7.35. The average Bonchev–Trinajstić information content (AvgIpc) is 2.20. The van der Waals surface area contributed by atoms with Crippen LogP contribution in [0.2, 0.25) is 0 Å². The lowest BCUT2D eigenvalue weighted by Crippen LogP contribution is -2.37. The van der Waals surface area contributed by atoms with E-state index in [1.807, 2.05) is 12.1 Å². The van der Waals surface area contributed by atoms with Crippen molar-refractivity contribution in [3.8, 4) is 5.75 Å². The Morgan fingerprint density at radius 1 is 1.47 bits per heavy atom. The molecule has 1 amide bonds. The highest BCUT2D eigenvalue weighted by Crippen LogP contribution is 2.15. The van der Waals surface area contributed by atoms with Gasteiger partial charge < -0.3 is 15.2 Å². The summed E-state index contributed by atoms with van der Waals surface area (Å²) in [6.07, 6.45) is -0.741. The molecule has 1 aromatic carbocycles. The van der Waals surface area contributed by atoms with E-state index >= 15 is 0 Å². The van der Waals surface area contributed by atoms with Crippen LogP contribution in [0.15, 0.2) is 24.3 Å². The molecule has 1 aromatic rings. The van der Waals surface area contributed by atoms with E-state index in [9.17, 15) is 4.79 Å². The largest absolute Gasteiger partial charge is 0.478 e. The van der Waals surface area contributed by atoms with E-state index in [0.29, 0.717) is 5.75 Å². The van der Waals surface area contributed by atoms with Gasteiger partial charge in [-0.05, 0) is 46.9 Å². The van der Waals surface area contributed by atoms with E-state index in [1.165, 1.54) is 7.11 Å². The monoisotopic (exact) mass is 321 g/mol. The highest BCUT2D eigenvalue weighted by Gasteiger charge is 2.16. The fraction of sp³-hybridized carbons (Fsp3) is 0.300. The average molecular weight is 321 g/mol. The highest BCUT2D eigenvalue weighted by molar-refractivity contribution is 14.1. The fourth-order valence-corrected chi connectivity index (χ4v) is 1.36. The number of hydrogen-bond donors (Lipinski definition) is 1. The highest BCUT2D eigenvalue weighted by atomic mass is 127. The number of hydrogen-bond acceptors (Lipinski definition) is 3. The van der Waals surface area contributed by atoms with E-state index in [-0.39, 0.29) is 6.61 Å². The van der Waals surface area contributed by atoms with Crippen molar-refractivity contribution in [3.63, 3.8) is 0 Å². The van der Waals surface area contributed by atoms with Crippen molar-refractivity contribution < 1.29 is 14.3 Å². The Morgan fingerprint density at radius 2 is 2.07 bits per heavy atom. The summed E-state index contributed by atoms with van der Waals surface area (Å²) in [7, 11) is 1.49. The Morgan fingerprint density at radius 3 is 2.53 bits per heavy atom. The van der Waals surface area contributed by atoms with Gasteiger partial charge in [0, 0.05) is 10.7 Å². The van der Waals surface area contributed by atoms with Gasteiger partial charge in [0.2, 0.25) is 0 Å². The maximum Gasteiger partial charge on any atom is 0.260 e. The molecule has 15 heavy (non-hydrogen) atoms. The van der Waals surface area contributed by atoms with Crippen LogP contribution in [0.1, 0.15) is 0 Å². The molecule has 0 bridgehead atoms. The van der Waals surface area contributed by atoms with Crippen LogP contribution in [-0.2, 0) is 9.53 Å². The Balaban J connectivity index is 2.65. The van der Waals surface area contributed by atoms with Gasteiger partial charge in [-0.1, -0.05) is 0 Å². The predicted molar refractivity (Wildman–Crippen MR) is 64.6 cm³/mol. The molecule has 0 fully saturated rings. The number of primary amides is 1. The first kappa shape index (κ1) is 12.3. The first-order valence-corrected chi connectivity index (χ1v) is 5.42. The molecule has 0 aliphatic carbocycles. The molecule has 0 heterocycles. The molecule has 0 saturated carbocycles. The number of carbonyl (C=O) groups excluding carboxylic acids is 1. The van der Waals surface area contributed by atoms with Crippen molar-refractivity contribution in [1.29, 1.82) is 0 Å². The fourth-order valence-electron chi connectivity index (χ4n) is 1.00. The topological polar surface area (TPSA) is 61.6 Å². The van der Waals surface area contributed by atoms with Gasteiger partial charge in [-0.2, -0.15) is 0 Å². The standard InChI is InChI=1S/C10H12INO3/c1-14-6-9(10(12)13)15-8-4-2-7(11)3-5-8/h2-5,9H,6H2,1H3,(H2,12,13). The van der Waals surface area contributed by atoms with Crippen molar-refractivity contribution >= 4 is 28.5 Å². The van der Waals surface area contributed by atoms with Crippen molar-refractivity contribution in [2.24, 2.45) is 5.73 Å². The van der Waals surface area contributed by atoms with Crippen molar-refractivity contribution in [3.05, 3.63) is 27.8 Å². The molecule has 0 aliphatic rings. The van der Waals surface area contributed by atoms with Crippen LogP contribution in [0.3, 0.4) is 0 Å². The number of nitrogens with two attached hydrogens (primary N) is 1. The number of benzene rings is 1. The quantitative estimate of drug-likeness (QED) is 0.828. The smallest absolute Gasteiger partial charge is 0.260 e. The summed E-state index contributed by atoms with van der Waals surface area (Å²) in [6.45, 7) is 0.154. The van der Waals surface area contributed by atoms with E-state index in [1.54, 1.807) is 12.1 Å². The normalized spacial score (nSPS) is 12.1. The molecule has 1 unspecified atom stereocenters. The van der Waals surface area contributed by atoms with Crippen molar-refractivity contribution in [1.82, 2.24) is 0 Å². The van der Waals surface area contributed by atoms with Crippen LogP contribution in [0.4, 0.5) is 0 Å². The van der Waals surface area contributed by atoms with Gasteiger partial charge in [-0.25, -0.2) is 0 Å². The van der Waals surface area contributed by atoms with Crippen molar-refractivity contribution in [2.75, 3.05) is 13.7 Å². The molecule has 0 radical (unpaired) electrons. The van der Waals surface area contributed by atoms with Crippen LogP contribution in [-0.4, -0.2) is 25.7 Å². The Hall–Kier alpha value is -0.820. The number of halogens is 1. The molecule has 82 valence electrons. The number of methoxy groups -OCH3 is 1. The molecule has 1 atom stereocenters. The van der Waals surface area contributed by atoms with Gasteiger partial charge in [0.1, 0.15) is 5.75 Å². The maximum atomic E-state index is 11.0. The maximum absolute atomic E-state index is 11.0. The molecule has 0 saturated heterocycles. The lowest BCUT2D eigenvalue weighted by molar-refractivity contribution is -0.126. The van der Waals surface area contributed by atoms with Crippen LogP contribution in [0.25, 0.3) is 0 Å². The van der Waals surface area contributed by atoms with Crippen LogP contribution in [0.5, 0.6) is 5.75 Å². The van der Waals surface area contributed by atoms with Crippen LogP contribution < -0.4 is 10.5 Å². The lowest BCUT2D eigenvalue weighted by Gasteiger charge is -2.14. The summed E-state index contributed by atoms with van der Waals surface area (Å²) in [5.74, 6) is 0.0756. The molecule has 5 heteroatoms. The van der Waals surface area contributed by atoms with Gasteiger partial charge in [0.25, 0.3) is 5.91 Å². The van der Waals surface area contributed by atoms with Gasteiger partial charge >= 0.3 is 0 Å². The third-order valence-corrected chi connectivity index (χ3v) is 2.45. The number of ether oxygens (including phenoxy) is 2. The Bertz CT molecular complexity index is 326. The minimum Gasteiger partial charge on any atom is -0.478 e. The van der Waals surface area contributed by atoms with Gasteiger partial charge in [-0.15, -0.1) is 0 Å². The molecule has 0 aliphatic heterocycles. The molecular formula is C10H12INO3. The van der Waals surface area contributed by atoms with Crippen LogP contribution in [0, 0.1) is 3.57 Å². The molecule has 0 spiro atoms. The van der Waals surface area contributed by atoms with E-state index in [0.717, 1.165) is 3.57 Å². The zero-order valence-corrected chi connectivity index (χ0v) is 10.4. The zero-order valence-electron chi connectivity index (χ0n) is 8.27. The number of rotatable bonds is 5. The first-order valence-electron chi connectivity index (χ1n) is 4.34. The van der Waals surface area contributed by atoms with E-state index in [4.69, 9.17) is 15.2 Å². The minimum absolute atomic E-state index is 0.154. The summed E-state index contributed by atoms with van der Waals surface area (Å²) < 4.78 is 11.3. The Labute approximate surface area is 102 Å². The third-order valence-electron chi connectivity index (χ3n) is 1.73. The molecule has 0 aromatic heterocycles. The predicted octanol–water partition coefficient (Wildman–Crippen LogP) is 1.17. The molecule has 4 nitrogen and oxygen atoms in total. The van der Waals surface area contributed by atoms with Crippen molar-refractivity contribution in [2.45, 2.75) is 6.10 Å². The Kier molecular flexibility index (Phi) is 4.83. The SMILES string of the molecule is COCC(Oc1ccc(I)cc1)C(N)=O. The summed E-state index contributed by atoms with van der Waals surface area (Å²) in [5, 5.41) is 0. The van der Waals surface area contributed by atoms with E-state index < -0.39 is 12.0 Å². The second-order valence-electron chi connectivity index (χ2n) is 2.92. The second-order valence-corrected chi connectivity index (χ2v) is 4.16. The lowest BCUT2D eigenvalue weighted by atomic mass is 10.3. The van der Waals surface area contributed by atoms with Crippen LogP contribution >= 0.6 is 22.6 Å². The van der Waals surface area contributed by atoms with E-state index in [2.05, 4.69) is 22.6 Å². The van der Waals surface area contributed by atoms with Gasteiger partial charge in [0.15, 0.2) is 6.10 Å². The number of amides is 1. The van der Waals surface area contributed by atoms with Gasteiger partial charge in [0.05, 0.1) is 6.61 Å². The molecule has 1 rings (SSSR count). The number of carbonyl (C=O) groups is 1. The molecular weight excluding hydrogens is 309 g/mol. The van der Waals surface area contributed by atoms with Gasteiger partial charge in [-0.3, -0.25) is 4.79 Å². The molecule has 2 N–H and O–H groups in total. The second kappa shape index (κ2) is 5.92. The minimum atomic E-state index is -0.741. The summed E-state index contributed by atoms with van der Waals surface area (Å²) in [4.78, 5) is 11.0.